The molecule has 5 heteroatoms. The highest BCUT2D eigenvalue weighted by molar-refractivity contribution is 6.62. The van der Waals surface area contributed by atoms with Crippen molar-refractivity contribution in [2.75, 3.05) is 6.61 Å². The molecule has 0 aromatic heterocycles. The van der Waals surface area contributed by atoms with E-state index in [0.717, 1.165) is 17.6 Å². The summed E-state index contributed by atoms with van der Waals surface area (Å²) in [4.78, 5) is 11.6. The maximum absolute atomic E-state index is 11.6. The Bertz CT molecular complexity index is 547. The molecule has 24 heavy (non-hydrogen) atoms. The van der Waals surface area contributed by atoms with E-state index in [9.17, 15) is 4.79 Å². The quantitative estimate of drug-likeness (QED) is 0.567. The molecule has 1 heterocycles. The first-order valence-electron chi connectivity index (χ1n) is 8.73. The van der Waals surface area contributed by atoms with Crippen LogP contribution in [0.5, 0.6) is 5.75 Å². The van der Waals surface area contributed by atoms with Crippen LogP contribution in [0, 0.1) is 5.92 Å². The van der Waals surface area contributed by atoms with Crippen LogP contribution in [0.2, 0.25) is 0 Å². The lowest BCUT2D eigenvalue weighted by molar-refractivity contribution is -0.122. The number of ether oxygens (including phenoxy) is 1. The zero-order valence-corrected chi connectivity index (χ0v) is 15.7. The second-order valence-corrected chi connectivity index (χ2v) is 7.73. The second-order valence-electron chi connectivity index (χ2n) is 7.73. The van der Waals surface area contributed by atoms with Gasteiger partial charge in [-0.3, -0.25) is 4.79 Å². The van der Waals surface area contributed by atoms with Gasteiger partial charge in [0.1, 0.15) is 11.5 Å². The molecule has 1 aliphatic rings. The van der Waals surface area contributed by atoms with E-state index in [1.807, 2.05) is 65.8 Å². The monoisotopic (exact) mass is 332 g/mol. The van der Waals surface area contributed by atoms with E-state index in [2.05, 4.69) is 0 Å². The zero-order chi connectivity index (χ0) is 18.0. The Kier molecular flexibility index (Phi) is 5.76. The van der Waals surface area contributed by atoms with Crippen molar-refractivity contribution in [2.24, 2.45) is 5.92 Å². The van der Waals surface area contributed by atoms with Gasteiger partial charge in [-0.1, -0.05) is 26.0 Å². The number of rotatable bonds is 7. The van der Waals surface area contributed by atoms with E-state index in [-0.39, 0.29) is 30.0 Å². The average molecular weight is 332 g/mol. The molecule has 0 unspecified atom stereocenters. The van der Waals surface area contributed by atoms with Crippen LogP contribution in [0.1, 0.15) is 54.4 Å². The van der Waals surface area contributed by atoms with Gasteiger partial charge in [-0.2, -0.15) is 0 Å². The molecule has 0 bridgehead atoms. The van der Waals surface area contributed by atoms with Crippen LogP contribution in [0.4, 0.5) is 0 Å². The van der Waals surface area contributed by atoms with Crippen molar-refractivity contribution in [3.8, 4) is 5.75 Å². The molecule has 0 atom stereocenters. The molecule has 0 saturated carbocycles. The van der Waals surface area contributed by atoms with Crippen molar-refractivity contribution in [1.29, 1.82) is 0 Å². The molecular weight excluding hydrogens is 303 g/mol. The van der Waals surface area contributed by atoms with E-state index in [1.165, 1.54) is 0 Å². The van der Waals surface area contributed by atoms with Crippen LogP contribution in [-0.2, 0) is 14.1 Å². The lowest BCUT2D eigenvalue weighted by Gasteiger charge is -2.32. The fourth-order valence-electron chi connectivity index (χ4n) is 2.43. The van der Waals surface area contributed by atoms with Gasteiger partial charge in [-0.15, -0.1) is 0 Å². The maximum atomic E-state index is 11.6. The normalized spacial score (nSPS) is 18.9. The number of carbonyl (C=O) groups excluding carboxylic acids is 1. The SMILES string of the molecule is CC(C)C(=O)CCCOc1ccc(B2OC(C)(C)C(C)(C)O2)cc1. The van der Waals surface area contributed by atoms with E-state index >= 15 is 0 Å². The van der Waals surface area contributed by atoms with Gasteiger partial charge in [0.05, 0.1) is 17.8 Å². The largest absolute Gasteiger partial charge is 0.494 e. The van der Waals surface area contributed by atoms with Gasteiger partial charge in [0, 0.05) is 12.3 Å². The number of ketones is 1. The Hall–Kier alpha value is -1.33. The number of carbonyl (C=O) groups is 1. The fraction of sp³-hybridized carbons (Fsp3) is 0.632. The summed E-state index contributed by atoms with van der Waals surface area (Å²) in [6, 6.07) is 7.78. The highest BCUT2D eigenvalue weighted by atomic mass is 16.7. The van der Waals surface area contributed by atoms with Gasteiger partial charge in [0.25, 0.3) is 0 Å². The zero-order valence-electron chi connectivity index (χ0n) is 15.7. The minimum atomic E-state index is -0.354. The van der Waals surface area contributed by atoms with Crippen LogP contribution >= 0.6 is 0 Å². The third-order valence-corrected chi connectivity index (χ3v) is 4.89. The Morgan fingerprint density at radius 3 is 2.12 bits per heavy atom. The van der Waals surface area contributed by atoms with E-state index < -0.39 is 0 Å². The van der Waals surface area contributed by atoms with Crippen molar-refractivity contribution < 1.29 is 18.8 Å². The van der Waals surface area contributed by atoms with Crippen LogP contribution in [0.3, 0.4) is 0 Å². The van der Waals surface area contributed by atoms with E-state index in [4.69, 9.17) is 14.0 Å². The van der Waals surface area contributed by atoms with Gasteiger partial charge >= 0.3 is 7.12 Å². The van der Waals surface area contributed by atoms with Crippen molar-refractivity contribution in [1.82, 2.24) is 0 Å². The number of benzene rings is 1. The predicted octanol–water partition coefficient (Wildman–Crippen LogP) is 3.37. The molecule has 0 radical (unpaired) electrons. The van der Waals surface area contributed by atoms with Crippen molar-refractivity contribution in [2.45, 2.75) is 65.6 Å². The third-order valence-electron chi connectivity index (χ3n) is 4.89. The van der Waals surface area contributed by atoms with E-state index in [0.29, 0.717) is 13.0 Å². The molecule has 1 aromatic carbocycles. The molecule has 0 aliphatic carbocycles. The first-order chi connectivity index (χ1) is 11.1. The van der Waals surface area contributed by atoms with E-state index in [1.54, 1.807) is 0 Å². The second kappa shape index (κ2) is 7.28. The Labute approximate surface area is 146 Å². The summed E-state index contributed by atoms with van der Waals surface area (Å²) < 4.78 is 17.8. The first kappa shape index (κ1) is 19.0. The standard InChI is InChI=1S/C19H29BO4/c1-14(2)17(21)8-7-13-22-16-11-9-15(10-12-16)20-23-18(3,4)19(5,6)24-20/h9-12,14H,7-8,13H2,1-6H3. The molecule has 0 N–H and O–H groups in total. The summed E-state index contributed by atoms with van der Waals surface area (Å²) in [7, 11) is -0.354. The number of hydrogen-bond donors (Lipinski definition) is 0. The van der Waals surface area contributed by atoms with Crippen molar-refractivity contribution in [3.05, 3.63) is 24.3 Å². The third kappa shape index (κ3) is 4.39. The lowest BCUT2D eigenvalue weighted by Crippen LogP contribution is -2.41. The molecule has 1 aromatic rings. The highest BCUT2D eigenvalue weighted by Crippen LogP contribution is 2.36. The molecule has 2 rings (SSSR count). The molecular formula is C19H29BO4. The molecule has 1 saturated heterocycles. The topological polar surface area (TPSA) is 44.8 Å². The smallest absolute Gasteiger partial charge is 0.494 e. The van der Waals surface area contributed by atoms with Crippen molar-refractivity contribution >= 4 is 18.4 Å². The summed E-state index contributed by atoms with van der Waals surface area (Å²) in [6.45, 7) is 12.6. The van der Waals surface area contributed by atoms with Gasteiger partial charge < -0.3 is 14.0 Å². The lowest BCUT2D eigenvalue weighted by atomic mass is 9.79. The number of hydrogen-bond acceptors (Lipinski definition) is 4. The van der Waals surface area contributed by atoms with Crippen LogP contribution in [0.15, 0.2) is 24.3 Å². The summed E-state index contributed by atoms with van der Waals surface area (Å²) in [5.74, 6) is 1.19. The minimum absolute atomic E-state index is 0.101. The number of Topliss-reactive ketones (excluding diaryl/α,β-unsaturated/α-hetero) is 1. The van der Waals surface area contributed by atoms with Crippen LogP contribution in [-0.4, -0.2) is 30.7 Å². The predicted molar refractivity (Wildman–Crippen MR) is 96.7 cm³/mol. The minimum Gasteiger partial charge on any atom is -0.494 e. The summed E-state index contributed by atoms with van der Waals surface area (Å²) in [6.07, 6.45) is 1.32. The molecule has 1 fully saturated rings. The Balaban J connectivity index is 1.85. The van der Waals surface area contributed by atoms with Gasteiger partial charge in [-0.05, 0) is 51.7 Å². The molecule has 4 nitrogen and oxygen atoms in total. The molecule has 0 amide bonds. The summed E-state index contributed by atoms with van der Waals surface area (Å²) in [5.41, 5.74) is 0.307. The molecule has 0 spiro atoms. The summed E-state index contributed by atoms with van der Waals surface area (Å²) >= 11 is 0. The first-order valence-corrected chi connectivity index (χ1v) is 8.73. The van der Waals surface area contributed by atoms with Gasteiger partial charge in [0.15, 0.2) is 0 Å². The molecule has 1 aliphatic heterocycles. The van der Waals surface area contributed by atoms with Crippen molar-refractivity contribution in [3.63, 3.8) is 0 Å². The Morgan fingerprint density at radius 1 is 1.08 bits per heavy atom. The fourth-order valence-corrected chi connectivity index (χ4v) is 2.43. The van der Waals surface area contributed by atoms with Gasteiger partial charge in [-0.25, -0.2) is 0 Å². The highest BCUT2D eigenvalue weighted by Gasteiger charge is 2.51. The maximum Gasteiger partial charge on any atom is 0.494 e. The van der Waals surface area contributed by atoms with Gasteiger partial charge in [0.2, 0.25) is 0 Å². The Morgan fingerprint density at radius 2 is 1.62 bits per heavy atom. The molecule has 132 valence electrons. The average Bonchev–Trinajstić information content (AvgIpc) is 2.72. The van der Waals surface area contributed by atoms with Crippen LogP contribution in [0.25, 0.3) is 0 Å². The van der Waals surface area contributed by atoms with Crippen LogP contribution < -0.4 is 10.2 Å². The summed E-state index contributed by atoms with van der Waals surface area (Å²) in [5, 5.41) is 0.